The first-order valence-corrected chi connectivity index (χ1v) is 9.13. The molecular weight excluding hydrogens is 346 g/mol. The zero-order valence-corrected chi connectivity index (χ0v) is 14.5. The predicted molar refractivity (Wildman–Crippen MR) is 92.5 cm³/mol. The quantitative estimate of drug-likeness (QED) is 0.835. The zero-order valence-electron chi connectivity index (χ0n) is 12.1. The average Bonchev–Trinajstić information content (AvgIpc) is 2.91. The van der Waals surface area contributed by atoms with E-state index in [9.17, 15) is 0 Å². The number of fused-ring (bicyclic) bond motifs is 1. The van der Waals surface area contributed by atoms with E-state index in [4.69, 9.17) is 4.74 Å². The highest BCUT2D eigenvalue weighted by Gasteiger charge is 2.28. The maximum Gasteiger partial charge on any atom is 0.122 e. The summed E-state index contributed by atoms with van der Waals surface area (Å²) >= 11 is 5.38. The molecule has 0 radical (unpaired) electrons. The Bertz CT molecular complexity index is 598. The smallest absolute Gasteiger partial charge is 0.122 e. The number of ether oxygens (including phenoxy) is 1. The van der Waals surface area contributed by atoms with Gasteiger partial charge in [-0.2, -0.15) is 0 Å². The largest absolute Gasteiger partial charge is 0.493 e. The normalized spacial score (nSPS) is 18.9. The third-order valence-corrected chi connectivity index (χ3v) is 5.72. The zero-order chi connectivity index (χ0) is 14.7. The molecule has 0 spiro atoms. The molecule has 0 saturated heterocycles. The second-order valence-electron chi connectivity index (χ2n) is 5.38. The van der Waals surface area contributed by atoms with Gasteiger partial charge in [-0.15, -0.1) is 11.3 Å². The van der Waals surface area contributed by atoms with Gasteiger partial charge in [0.2, 0.25) is 0 Å². The van der Waals surface area contributed by atoms with Crippen LogP contribution in [-0.2, 0) is 6.42 Å². The molecule has 2 nitrogen and oxygen atoms in total. The van der Waals surface area contributed by atoms with Crippen molar-refractivity contribution in [1.29, 1.82) is 0 Å². The maximum atomic E-state index is 5.80. The van der Waals surface area contributed by atoms with Crippen molar-refractivity contribution in [3.8, 4) is 5.75 Å². The van der Waals surface area contributed by atoms with Crippen molar-refractivity contribution in [3.05, 3.63) is 50.6 Å². The van der Waals surface area contributed by atoms with Crippen LogP contribution in [0.15, 0.2) is 40.2 Å². The van der Waals surface area contributed by atoms with Crippen LogP contribution in [0, 0.1) is 0 Å². The van der Waals surface area contributed by atoms with Crippen molar-refractivity contribution >= 4 is 27.3 Å². The predicted octanol–water partition coefficient (Wildman–Crippen LogP) is 4.60. The summed E-state index contributed by atoms with van der Waals surface area (Å²) in [5.74, 6) is 1.58. The summed E-state index contributed by atoms with van der Waals surface area (Å²) in [6, 6.07) is 11.2. The number of likely N-dealkylation sites (N-methyl/N-ethyl adjacent to an activating group) is 1. The van der Waals surface area contributed by atoms with Crippen LogP contribution in [0.4, 0.5) is 0 Å². The first kappa shape index (κ1) is 15.1. The molecule has 0 bridgehead atoms. The topological polar surface area (TPSA) is 21.3 Å². The number of thiophene rings is 1. The van der Waals surface area contributed by atoms with Gasteiger partial charge >= 0.3 is 0 Å². The second-order valence-corrected chi connectivity index (χ2v) is 7.29. The molecule has 2 unspecified atom stereocenters. The van der Waals surface area contributed by atoms with Crippen LogP contribution in [0.25, 0.3) is 0 Å². The number of rotatable bonds is 5. The Morgan fingerprint density at radius 1 is 1.43 bits per heavy atom. The third-order valence-electron chi connectivity index (χ3n) is 4.00. The van der Waals surface area contributed by atoms with Crippen molar-refractivity contribution in [2.45, 2.75) is 31.7 Å². The van der Waals surface area contributed by atoms with E-state index < -0.39 is 0 Å². The van der Waals surface area contributed by atoms with Crippen LogP contribution in [-0.4, -0.2) is 19.2 Å². The van der Waals surface area contributed by atoms with E-state index in [1.54, 1.807) is 0 Å². The summed E-state index contributed by atoms with van der Waals surface area (Å²) in [7, 11) is 0. The number of para-hydroxylation sites is 1. The van der Waals surface area contributed by atoms with Crippen LogP contribution in [0.1, 0.15) is 29.7 Å². The molecular formula is C17H20BrNOS. The Balaban J connectivity index is 1.84. The van der Waals surface area contributed by atoms with Crippen molar-refractivity contribution in [2.24, 2.45) is 0 Å². The lowest BCUT2D eigenvalue weighted by atomic mass is 9.84. The Morgan fingerprint density at radius 2 is 2.29 bits per heavy atom. The summed E-state index contributed by atoms with van der Waals surface area (Å²) < 4.78 is 6.99. The summed E-state index contributed by atoms with van der Waals surface area (Å²) in [6.45, 7) is 4.00. The molecule has 4 heteroatoms. The minimum absolute atomic E-state index is 0.464. The van der Waals surface area contributed by atoms with Crippen molar-refractivity contribution in [1.82, 2.24) is 5.32 Å². The minimum atomic E-state index is 0.464. The van der Waals surface area contributed by atoms with Gasteiger partial charge in [0.1, 0.15) is 5.75 Å². The lowest BCUT2D eigenvalue weighted by molar-refractivity contribution is 0.245. The molecule has 1 aliphatic heterocycles. The molecule has 0 fully saturated rings. The fourth-order valence-corrected chi connectivity index (χ4v) is 4.60. The first-order chi connectivity index (χ1) is 10.3. The van der Waals surface area contributed by atoms with Gasteiger partial charge in [0.25, 0.3) is 0 Å². The SMILES string of the molecule is CCNC(Cc1cc(Br)cs1)C1CCOc2ccccc21. The summed E-state index contributed by atoms with van der Waals surface area (Å²) in [5.41, 5.74) is 1.35. The van der Waals surface area contributed by atoms with E-state index in [2.05, 4.69) is 63.9 Å². The fourth-order valence-electron chi connectivity index (χ4n) is 3.08. The van der Waals surface area contributed by atoms with Gasteiger partial charge in [0, 0.05) is 26.7 Å². The molecule has 3 rings (SSSR count). The van der Waals surface area contributed by atoms with Crippen molar-refractivity contribution in [2.75, 3.05) is 13.2 Å². The van der Waals surface area contributed by atoms with E-state index >= 15 is 0 Å². The Hall–Kier alpha value is -0.840. The molecule has 2 atom stereocenters. The summed E-state index contributed by atoms with van der Waals surface area (Å²) in [5, 5.41) is 5.85. The van der Waals surface area contributed by atoms with Crippen LogP contribution in [0.2, 0.25) is 0 Å². The van der Waals surface area contributed by atoms with Crippen molar-refractivity contribution < 1.29 is 4.74 Å². The van der Waals surface area contributed by atoms with E-state index in [1.807, 2.05) is 11.3 Å². The van der Waals surface area contributed by atoms with E-state index in [1.165, 1.54) is 14.9 Å². The fraction of sp³-hybridized carbons (Fsp3) is 0.412. The minimum Gasteiger partial charge on any atom is -0.493 e. The van der Waals surface area contributed by atoms with Crippen LogP contribution < -0.4 is 10.1 Å². The number of hydrogen-bond donors (Lipinski definition) is 1. The highest BCUT2D eigenvalue weighted by atomic mass is 79.9. The molecule has 1 aromatic carbocycles. The van der Waals surface area contributed by atoms with Gasteiger partial charge in [0.05, 0.1) is 6.61 Å². The highest BCUT2D eigenvalue weighted by Crippen LogP contribution is 2.37. The molecule has 1 aliphatic rings. The van der Waals surface area contributed by atoms with E-state index in [0.717, 1.165) is 31.7 Å². The van der Waals surface area contributed by atoms with Crippen LogP contribution >= 0.6 is 27.3 Å². The number of nitrogens with one attached hydrogen (secondary N) is 1. The first-order valence-electron chi connectivity index (χ1n) is 7.46. The third kappa shape index (κ3) is 3.50. The van der Waals surface area contributed by atoms with E-state index in [0.29, 0.717) is 12.0 Å². The highest BCUT2D eigenvalue weighted by molar-refractivity contribution is 9.10. The lowest BCUT2D eigenvalue weighted by Crippen LogP contribution is -2.38. The summed E-state index contributed by atoms with van der Waals surface area (Å²) in [4.78, 5) is 1.43. The molecule has 2 heterocycles. The molecule has 1 N–H and O–H groups in total. The monoisotopic (exact) mass is 365 g/mol. The molecule has 0 saturated carbocycles. The van der Waals surface area contributed by atoms with Gasteiger partial charge in [-0.05, 0) is 53.0 Å². The number of halogens is 1. The van der Waals surface area contributed by atoms with Crippen LogP contribution in [0.3, 0.4) is 0 Å². The molecule has 1 aromatic heterocycles. The Labute approximate surface area is 138 Å². The molecule has 21 heavy (non-hydrogen) atoms. The summed E-state index contributed by atoms with van der Waals surface area (Å²) in [6.07, 6.45) is 2.16. The molecule has 112 valence electrons. The number of benzene rings is 1. The van der Waals surface area contributed by atoms with Gasteiger partial charge in [-0.3, -0.25) is 0 Å². The van der Waals surface area contributed by atoms with Crippen molar-refractivity contribution in [3.63, 3.8) is 0 Å². The Kier molecular flexibility index (Phi) is 4.99. The van der Waals surface area contributed by atoms with Gasteiger partial charge in [0.15, 0.2) is 0 Å². The molecule has 0 aliphatic carbocycles. The van der Waals surface area contributed by atoms with Crippen LogP contribution in [0.5, 0.6) is 5.75 Å². The van der Waals surface area contributed by atoms with Gasteiger partial charge < -0.3 is 10.1 Å². The standard InChI is InChI=1S/C17H20BrNOS/c1-2-19-16(10-13-9-12(18)11-21-13)14-7-8-20-17-6-4-3-5-15(14)17/h3-6,9,11,14,16,19H,2,7-8,10H2,1H3. The molecule has 0 amide bonds. The number of hydrogen-bond acceptors (Lipinski definition) is 3. The van der Waals surface area contributed by atoms with Gasteiger partial charge in [-0.1, -0.05) is 25.1 Å². The Morgan fingerprint density at radius 3 is 3.05 bits per heavy atom. The average molecular weight is 366 g/mol. The lowest BCUT2D eigenvalue weighted by Gasteiger charge is -2.32. The van der Waals surface area contributed by atoms with Gasteiger partial charge in [-0.25, -0.2) is 0 Å². The second kappa shape index (κ2) is 6.95. The molecule has 2 aromatic rings. The van der Waals surface area contributed by atoms with E-state index in [-0.39, 0.29) is 0 Å². The maximum absolute atomic E-state index is 5.80.